The minimum Gasteiger partial charge on any atom is -0.397 e. The minimum absolute atomic E-state index is 0.680. The minimum atomic E-state index is 0.680. The average Bonchev–Trinajstić information content (AvgIpc) is 2.70. The lowest BCUT2D eigenvalue weighted by atomic mass is 10.3. The molecule has 0 aliphatic heterocycles. The summed E-state index contributed by atoms with van der Waals surface area (Å²) in [6, 6.07) is 3.66. The molecule has 2 aromatic heterocycles. The standard InChI is InChI=1S/C10H12N4S2/c1-2-4-8-13-10(16-14-8)15-9-7(11)5-3-6-12-9/h3,5-6H,2,4,11H2,1H3. The summed E-state index contributed by atoms with van der Waals surface area (Å²) in [5, 5.41) is 0.793. The molecule has 0 aromatic carbocycles. The van der Waals surface area contributed by atoms with E-state index in [9.17, 15) is 0 Å². The van der Waals surface area contributed by atoms with Crippen LogP contribution < -0.4 is 5.73 Å². The Kier molecular flexibility index (Phi) is 3.74. The van der Waals surface area contributed by atoms with Crippen molar-refractivity contribution in [3.05, 3.63) is 24.2 Å². The molecule has 0 saturated heterocycles. The van der Waals surface area contributed by atoms with E-state index in [4.69, 9.17) is 5.73 Å². The number of pyridine rings is 1. The second-order valence-electron chi connectivity index (χ2n) is 3.23. The zero-order chi connectivity index (χ0) is 11.4. The second kappa shape index (κ2) is 5.27. The summed E-state index contributed by atoms with van der Waals surface area (Å²) < 4.78 is 5.17. The van der Waals surface area contributed by atoms with Crippen molar-refractivity contribution in [2.45, 2.75) is 29.1 Å². The molecular weight excluding hydrogens is 240 g/mol. The van der Waals surface area contributed by atoms with Crippen molar-refractivity contribution in [1.82, 2.24) is 14.3 Å². The van der Waals surface area contributed by atoms with Crippen molar-refractivity contribution >= 4 is 29.0 Å². The van der Waals surface area contributed by atoms with Gasteiger partial charge in [-0.25, -0.2) is 9.97 Å². The first-order chi connectivity index (χ1) is 7.79. The average molecular weight is 252 g/mol. The molecule has 0 aliphatic rings. The maximum Gasteiger partial charge on any atom is 0.176 e. The van der Waals surface area contributed by atoms with E-state index < -0.39 is 0 Å². The Morgan fingerprint density at radius 3 is 3.12 bits per heavy atom. The summed E-state index contributed by atoms with van der Waals surface area (Å²) in [5.74, 6) is 0.907. The molecule has 0 spiro atoms. The second-order valence-corrected chi connectivity index (χ2v) is 5.21. The number of hydrogen-bond donors (Lipinski definition) is 1. The van der Waals surface area contributed by atoms with Crippen LogP contribution in [0.25, 0.3) is 0 Å². The highest BCUT2D eigenvalue weighted by Crippen LogP contribution is 2.30. The van der Waals surface area contributed by atoms with E-state index in [1.165, 1.54) is 23.3 Å². The van der Waals surface area contributed by atoms with Gasteiger partial charge in [0.2, 0.25) is 0 Å². The van der Waals surface area contributed by atoms with E-state index in [0.717, 1.165) is 28.0 Å². The zero-order valence-corrected chi connectivity index (χ0v) is 10.5. The fraction of sp³-hybridized carbons (Fsp3) is 0.300. The molecule has 0 saturated carbocycles. The van der Waals surface area contributed by atoms with Crippen LogP contribution in [0.5, 0.6) is 0 Å². The number of nitrogens with zero attached hydrogens (tertiary/aromatic N) is 3. The Hall–Kier alpha value is -1.14. The normalized spacial score (nSPS) is 10.6. The molecule has 4 nitrogen and oxygen atoms in total. The molecule has 84 valence electrons. The number of nitrogen functional groups attached to an aromatic ring is 1. The third kappa shape index (κ3) is 2.70. The largest absolute Gasteiger partial charge is 0.397 e. The van der Waals surface area contributed by atoms with Gasteiger partial charge in [-0.05, 0) is 41.8 Å². The van der Waals surface area contributed by atoms with Gasteiger partial charge >= 0.3 is 0 Å². The Bertz CT molecular complexity index is 469. The maximum atomic E-state index is 5.81. The van der Waals surface area contributed by atoms with Gasteiger partial charge in [0.05, 0.1) is 5.69 Å². The molecule has 6 heteroatoms. The van der Waals surface area contributed by atoms with E-state index in [2.05, 4.69) is 21.3 Å². The molecule has 0 radical (unpaired) electrons. The number of anilines is 1. The predicted octanol–water partition coefficient (Wildman–Crippen LogP) is 2.62. The first-order valence-corrected chi connectivity index (χ1v) is 6.59. The Morgan fingerprint density at radius 1 is 1.50 bits per heavy atom. The van der Waals surface area contributed by atoms with Crippen LogP contribution >= 0.6 is 23.3 Å². The van der Waals surface area contributed by atoms with Gasteiger partial charge in [0.15, 0.2) is 4.34 Å². The van der Waals surface area contributed by atoms with Crippen molar-refractivity contribution in [3.8, 4) is 0 Å². The monoisotopic (exact) mass is 252 g/mol. The van der Waals surface area contributed by atoms with Gasteiger partial charge in [0.25, 0.3) is 0 Å². The van der Waals surface area contributed by atoms with Crippen molar-refractivity contribution in [1.29, 1.82) is 0 Å². The van der Waals surface area contributed by atoms with Crippen LogP contribution in [0, 0.1) is 0 Å². The van der Waals surface area contributed by atoms with Gasteiger partial charge in [-0.3, -0.25) is 0 Å². The van der Waals surface area contributed by atoms with Crippen LogP contribution in [0.4, 0.5) is 5.69 Å². The van der Waals surface area contributed by atoms with Gasteiger partial charge in [-0.2, -0.15) is 4.37 Å². The van der Waals surface area contributed by atoms with E-state index in [1.807, 2.05) is 12.1 Å². The SMILES string of the molecule is CCCc1nsc(Sc2ncccc2N)n1. The van der Waals surface area contributed by atoms with Gasteiger partial charge < -0.3 is 5.73 Å². The number of nitrogens with two attached hydrogens (primary N) is 1. The third-order valence-corrected chi connectivity index (χ3v) is 3.73. The van der Waals surface area contributed by atoms with E-state index in [1.54, 1.807) is 6.20 Å². The molecule has 16 heavy (non-hydrogen) atoms. The molecular formula is C10H12N4S2. The number of hydrogen-bond acceptors (Lipinski definition) is 6. The zero-order valence-electron chi connectivity index (χ0n) is 8.88. The van der Waals surface area contributed by atoms with Gasteiger partial charge in [0.1, 0.15) is 10.9 Å². The Balaban J connectivity index is 2.11. The van der Waals surface area contributed by atoms with Gasteiger partial charge in [-0.1, -0.05) is 6.92 Å². The van der Waals surface area contributed by atoms with Crippen molar-refractivity contribution < 1.29 is 0 Å². The highest BCUT2D eigenvalue weighted by Gasteiger charge is 2.08. The summed E-state index contributed by atoms with van der Waals surface area (Å²) in [6.07, 6.45) is 3.72. The molecule has 0 fully saturated rings. The number of rotatable bonds is 4. The van der Waals surface area contributed by atoms with Crippen LogP contribution in [-0.4, -0.2) is 14.3 Å². The lowest BCUT2D eigenvalue weighted by Crippen LogP contribution is -1.90. The Labute approximate surface area is 102 Å². The summed E-state index contributed by atoms with van der Waals surface area (Å²) in [5.41, 5.74) is 6.49. The highest BCUT2D eigenvalue weighted by molar-refractivity contribution is 8.01. The topological polar surface area (TPSA) is 64.7 Å². The van der Waals surface area contributed by atoms with Crippen LogP contribution in [0.3, 0.4) is 0 Å². The molecule has 0 amide bonds. The summed E-state index contributed by atoms with van der Waals surface area (Å²) in [4.78, 5) is 8.62. The fourth-order valence-corrected chi connectivity index (χ4v) is 2.75. The van der Waals surface area contributed by atoms with Crippen LogP contribution in [0.1, 0.15) is 19.2 Å². The van der Waals surface area contributed by atoms with Crippen molar-refractivity contribution in [2.24, 2.45) is 0 Å². The predicted molar refractivity (Wildman–Crippen MR) is 66.7 cm³/mol. The molecule has 2 rings (SSSR count). The lowest BCUT2D eigenvalue weighted by Gasteiger charge is -1.99. The molecule has 2 N–H and O–H groups in total. The van der Waals surface area contributed by atoms with Crippen molar-refractivity contribution in [3.63, 3.8) is 0 Å². The quantitative estimate of drug-likeness (QED) is 0.906. The highest BCUT2D eigenvalue weighted by atomic mass is 32.2. The fourth-order valence-electron chi connectivity index (χ4n) is 1.18. The van der Waals surface area contributed by atoms with Crippen LogP contribution in [0.2, 0.25) is 0 Å². The van der Waals surface area contributed by atoms with E-state index in [0.29, 0.717) is 5.69 Å². The van der Waals surface area contributed by atoms with E-state index in [-0.39, 0.29) is 0 Å². The summed E-state index contributed by atoms with van der Waals surface area (Å²) in [6.45, 7) is 2.12. The molecule has 0 unspecified atom stereocenters. The van der Waals surface area contributed by atoms with Crippen molar-refractivity contribution in [2.75, 3.05) is 5.73 Å². The Morgan fingerprint density at radius 2 is 2.38 bits per heavy atom. The van der Waals surface area contributed by atoms with Gasteiger partial charge in [0, 0.05) is 12.6 Å². The molecule has 0 atom stereocenters. The summed E-state index contributed by atoms with van der Waals surface area (Å²) >= 11 is 2.87. The van der Waals surface area contributed by atoms with E-state index >= 15 is 0 Å². The van der Waals surface area contributed by atoms with Crippen LogP contribution in [-0.2, 0) is 6.42 Å². The molecule has 0 bridgehead atoms. The van der Waals surface area contributed by atoms with Crippen LogP contribution in [0.15, 0.2) is 27.7 Å². The first kappa shape index (κ1) is 11.3. The third-order valence-electron chi connectivity index (χ3n) is 1.91. The molecule has 2 heterocycles. The number of aromatic nitrogens is 3. The summed E-state index contributed by atoms with van der Waals surface area (Å²) in [7, 11) is 0. The first-order valence-electron chi connectivity index (χ1n) is 5.00. The lowest BCUT2D eigenvalue weighted by molar-refractivity contribution is 0.850. The maximum absolute atomic E-state index is 5.81. The smallest absolute Gasteiger partial charge is 0.176 e. The molecule has 0 aliphatic carbocycles. The molecule has 2 aromatic rings. The van der Waals surface area contributed by atoms with Gasteiger partial charge in [-0.15, -0.1) is 0 Å². The number of aryl methyl sites for hydroxylation is 1.